The van der Waals surface area contributed by atoms with Gasteiger partial charge >= 0.3 is 0 Å². The molecule has 2 aromatic heterocycles. The normalized spacial score (nSPS) is 16.2. The molecule has 0 saturated heterocycles. The van der Waals surface area contributed by atoms with Crippen LogP contribution < -0.4 is 4.74 Å². The fourth-order valence-electron chi connectivity index (χ4n) is 4.03. The Morgan fingerprint density at radius 1 is 1.18 bits per heavy atom. The Labute approximate surface area is 201 Å². The predicted octanol–water partition coefficient (Wildman–Crippen LogP) is 5.39. The van der Waals surface area contributed by atoms with Crippen molar-refractivity contribution in [2.45, 2.75) is 38.8 Å². The number of carbonyl (C=O) groups is 2. The van der Waals surface area contributed by atoms with Crippen LogP contribution >= 0.6 is 22.7 Å². The quantitative estimate of drug-likeness (QED) is 0.429. The molecule has 2 amide bonds. The molecule has 5 nitrogen and oxygen atoms in total. The van der Waals surface area contributed by atoms with E-state index in [1.165, 1.54) is 22.3 Å². The number of rotatable bonds is 8. The third-order valence-corrected chi connectivity index (χ3v) is 7.92. The third kappa shape index (κ3) is 5.12. The maximum atomic E-state index is 14.1. The summed E-state index contributed by atoms with van der Waals surface area (Å²) in [5, 5.41) is 3.88. The van der Waals surface area contributed by atoms with Gasteiger partial charge in [-0.15, -0.1) is 22.7 Å². The number of nitrogens with zero attached hydrogens (tertiary/aromatic N) is 2. The lowest BCUT2D eigenvalue weighted by atomic mass is 10.00. The Morgan fingerprint density at radius 2 is 2.00 bits per heavy atom. The minimum Gasteiger partial charge on any atom is -0.488 e. The summed E-state index contributed by atoms with van der Waals surface area (Å²) >= 11 is 3.04. The van der Waals surface area contributed by atoms with Crippen LogP contribution in [-0.2, 0) is 11.2 Å². The lowest BCUT2D eigenvalue weighted by Gasteiger charge is -2.38. The van der Waals surface area contributed by atoms with Gasteiger partial charge in [0.05, 0.1) is 10.9 Å². The summed E-state index contributed by atoms with van der Waals surface area (Å²) < 4.78 is 19.9. The van der Waals surface area contributed by atoms with Gasteiger partial charge in [0.1, 0.15) is 13.2 Å². The van der Waals surface area contributed by atoms with Crippen molar-refractivity contribution >= 4 is 34.5 Å². The summed E-state index contributed by atoms with van der Waals surface area (Å²) in [4.78, 5) is 31.9. The molecule has 3 heterocycles. The minimum atomic E-state index is -0.429. The van der Waals surface area contributed by atoms with Gasteiger partial charge < -0.3 is 14.5 Å². The van der Waals surface area contributed by atoms with Crippen LogP contribution in [-0.4, -0.2) is 47.4 Å². The van der Waals surface area contributed by atoms with Crippen molar-refractivity contribution in [1.29, 1.82) is 0 Å². The topological polar surface area (TPSA) is 49.9 Å². The molecule has 2 atom stereocenters. The molecule has 1 aromatic carbocycles. The van der Waals surface area contributed by atoms with E-state index in [2.05, 4.69) is 0 Å². The lowest BCUT2D eigenvalue weighted by molar-refractivity contribution is -0.136. The van der Waals surface area contributed by atoms with E-state index >= 15 is 0 Å². The molecular weight excluding hydrogens is 459 g/mol. The van der Waals surface area contributed by atoms with E-state index < -0.39 is 5.82 Å². The standard InChI is InChI=1S/C25H27FN2O3S2/c1-3-17(2)28(25(30)23-9-6-13-32-23)15-24(29)27-12-10-22-18(11-14-33-22)20(27)16-31-21-8-5-4-7-19(21)26/h4-9,11,13-14,17,20H,3,10,12,15-16H2,1-2H3/t17-,20-/m1/s1. The number of ether oxygens (including phenoxy) is 1. The zero-order valence-corrected chi connectivity index (χ0v) is 20.3. The average molecular weight is 487 g/mol. The van der Waals surface area contributed by atoms with Gasteiger partial charge in [0.2, 0.25) is 5.91 Å². The highest BCUT2D eigenvalue weighted by Crippen LogP contribution is 2.34. The van der Waals surface area contributed by atoms with Gasteiger partial charge in [-0.25, -0.2) is 4.39 Å². The lowest BCUT2D eigenvalue weighted by Crippen LogP contribution is -2.49. The molecule has 0 fully saturated rings. The van der Waals surface area contributed by atoms with Crippen LogP contribution in [0.4, 0.5) is 4.39 Å². The second-order valence-electron chi connectivity index (χ2n) is 8.06. The zero-order valence-electron chi connectivity index (χ0n) is 18.7. The summed E-state index contributed by atoms with van der Waals surface area (Å²) in [5.74, 6) is -0.512. The van der Waals surface area contributed by atoms with E-state index in [1.54, 1.807) is 45.4 Å². The highest BCUT2D eigenvalue weighted by Gasteiger charge is 2.34. The van der Waals surface area contributed by atoms with Gasteiger partial charge in [0, 0.05) is 17.5 Å². The largest absolute Gasteiger partial charge is 0.488 e. The van der Waals surface area contributed by atoms with Gasteiger partial charge in [-0.2, -0.15) is 0 Å². The first-order valence-corrected chi connectivity index (χ1v) is 12.8. The first kappa shape index (κ1) is 23.4. The van der Waals surface area contributed by atoms with Crippen molar-refractivity contribution in [2.75, 3.05) is 19.7 Å². The van der Waals surface area contributed by atoms with Crippen molar-refractivity contribution in [3.63, 3.8) is 0 Å². The molecule has 33 heavy (non-hydrogen) atoms. The number of para-hydroxylation sites is 1. The van der Waals surface area contributed by atoms with Gasteiger partial charge in [0.15, 0.2) is 11.6 Å². The summed E-state index contributed by atoms with van der Waals surface area (Å²) in [6.07, 6.45) is 1.51. The van der Waals surface area contributed by atoms with Crippen molar-refractivity contribution in [1.82, 2.24) is 9.80 Å². The monoisotopic (exact) mass is 486 g/mol. The van der Waals surface area contributed by atoms with E-state index in [1.807, 2.05) is 36.7 Å². The van der Waals surface area contributed by atoms with Gasteiger partial charge in [-0.05, 0) is 60.4 Å². The average Bonchev–Trinajstić information content (AvgIpc) is 3.53. The molecule has 0 unspecified atom stereocenters. The number of halogens is 1. The van der Waals surface area contributed by atoms with Crippen LogP contribution in [0.3, 0.4) is 0 Å². The first-order valence-electron chi connectivity index (χ1n) is 11.1. The predicted molar refractivity (Wildman–Crippen MR) is 129 cm³/mol. The Hall–Kier alpha value is -2.71. The van der Waals surface area contributed by atoms with Crippen LogP contribution in [0.1, 0.15) is 46.4 Å². The molecule has 1 aliphatic heterocycles. The number of thiophene rings is 2. The molecule has 0 aliphatic carbocycles. The van der Waals surface area contributed by atoms with E-state index in [0.29, 0.717) is 11.4 Å². The van der Waals surface area contributed by atoms with Crippen molar-refractivity contribution < 1.29 is 18.7 Å². The van der Waals surface area contributed by atoms with Crippen molar-refractivity contribution in [3.05, 3.63) is 74.4 Å². The van der Waals surface area contributed by atoms with Gasteiger partial charge in [-0.3, -0.25) is 9.59 Å². The molecule has 0 saturated carbocycles. The van der Waals surface area contributed by atoms with Crippen LogP contribution in [0.15, 0.2) is 53.2 Å². The SMILES string of the molecule is CC[C@@H](C)N(CC(=O)N1CCc2sccc2[C@H]1COc1ccccc1F)C(=O)c1cccs1. The second kappa shape index (κ2) is 10.5. The minimum absolute atomic E-state index is 0.00140. The number of amides is 2. The van der Waals surface area contributed by atoms with E-state index in [-0.39, 0.29) is 42.8 Å². The number of carbonyl (C=O) groups excluding carboxylic acids is 2. The van der Waals surface area contributed by atoms with Gasteiger partial charge in [-0.1, -0.05) is 25.1 Å². The number of benzene rings is 1. The highest BCUT2D eigenvalue weighted by molar-refractivity contribution is 7.12. The molecule has 3 aromatic rings. The molecule has 8 heteroatoms. The number of fused-ring (bicyclic) bond motifs is 1. The molecule has 174 valence electrons. The maximum absolute atomic E-state index is 14.1. The van der Waals surface area contributed by atoms with Crippen molar-refractivity contribution in [2.24, 2.45) is 0 Å². The van der Waals surface area contributed by atoms with Crippen LogP contribution in [0, 0.1) is 5.82 Å². The second-order valence-corrected chi connectivity index (χ2v) is 10.0. The molecule has 0 radical (unpaired) electrons. The zero-order chi connectivity index (χ0) is 23.4. The van der Waals surface area contributed by atoms with E-state index in [0.717, 1.165) is 18.4 Å². The van der Waals surface area contributed by atoms with Crippen LogP contribution in [0.5, 0.6) is 5.75 Å². The summed E-state index contributed by atoms with van der Waals surface area (Å²) in [6.45, 7) is 4.66. The van der Waals surface area contributed by atoms with Gasteiger partial charge in [0.25, 0.3) is 5.91 Å². The summed E-state index contributed by atoms with van der Waals surface area (Å²) in [6, 6.07) is 11.5. The fraction of sp³-hybridized carbons (Fsp3) is 0.360. The van der Waals surface area contributed by atoms with Crippen LogP contribution in [0.25, 0.3) is 0 Å². The van der Waals surface area contributed by atoms with E-state index in [4.69, 9.17) is 4.74 Å². The van der Waals surface area contributed by atoms with Crippen LogP contribution in [0.2, 0.25) is 0 Å². The summed E-state index contributed by atoms with van der Waals surface area (Å²) in [7, 11) is 0. The maximum Gasteiger partial charge on any atom is 0.264 e. The smallest absolute Gasteiger partial charge is 0.264 e. The van der Waals surface area contributed by atoms with Crippen molar-refractivity contribution in [3.8, 4) is 5.75 Å². The fourth-order valence-corrected chi connectivity index (χ4v) is 5.64. The molecule has 0 N–H and O–H groups in total. The highest BCUT2D eigenvalue weighted by atomic mass is 32.1. The molecule has 4 rings (SSSR count). The molecule has 0 spiro atoms. The number of hydrogen-bond acceptors (Lipinski definition) is 5. The Morgan fingerprint density at radius 3 is 2.73 bits per heavy atom. The third-order valence-electron chi connectivity index (χ3n) is 6.07. The molecular formula is C25H27FN2O3S2. The Bertz CT molecular complexity index is 1100. The first-order chi connectivity index (χ1) is 16.0. The Kier molecular flexibility index (Phi) is 7.45. The van der Waals surface area contributed by atoms with E-state index in [9.17, 15) is 14.0 Å². The number of hydrogen-bond donors (Lipinski definition) is 0. The Balaban J connectivity index is 1.55. The molecule has 1 aliphatic rings. The summed E-state index contributed by atoms with van der Waals surface area (Å²) in [5.41, 5.74) is 1.04. The molecule has 0 bridgehead atoms.